The number of hydrogen-bond acceptors (Lipinski definition) is 3. The first-order chi connectivity index (χ1) is 10.8. The van der Waals surface area contributed by atoms with E-state index in [0.717, 1.165) is 21.2 Å². The van der Waals surface area contributed by atoms with E-state index in [-0.39, 0.29) is 11.9 Å². The Bertz CT molecular complexity index is 705. The second-order valence-electron chi connectivity index (χ2n) is 5.45. The van der Waals surface area contributed by atoms with Gasteiger partial charge >= 0.3 is 5.97 Å². The van der Waals surface area contributed by atoms with Crippen LogP contribution in [0.2, 0.25) is 10.0 Å². The lowest BCUT2D eigenvalue weighted by molar-refractivity contribution is 0.0524. The number of aromatic nitrogens is 1. The third kappa shape index (κ3) is 4.25. The maximum atomic E-state index is 12.3. The molecule has 1 aromatic heterocycles. The summed E-state index contributed by atoms with van der Waals surface area (Å²) in [6, 6.07) is 5.39. The van der Waals surface area contributed by atoms with Crippen LogP contribution in [0.3, 0.4) is 0 Å². The number of ether oxygens (including phenoxy) is 1. The average molecular weight is 372 g/mol. The van der Waals surface area contributed by atoms with Crippen molar-refractivity contribution in [3.63, 3.8) is 0 Å². The number of aryl methyl sites for hydroxylation is 1. The maximum absolute atomic E-state index is 12.3. The van der Waals surface area contributed by atoms with E-state index in [1.54, 1.807) is 13.0 Å². The lowest BCUT2D eigenvalue weighted by Crippen LogP contribution is -2.08. The molecule has 23 heavy (non-hydrogen) atoms. The van der Waals surface area contributed by atoms with E-state index in [9.17, 15) is 4.79 Å². The quantitative estimate of drug-likeness (QED) is 0.647. The summed E-state index contributed by atoms with van der Waals surface area (Å²) in [4.78, 5) is 16.5. The molecule has 0 bridgehead atoms. The molecule has 0 amide bonds. The predicted molar refractivity (Wildman–Crippen MR) is 96.2 cm³/mol. The minimum atomic E-state index is -0.291. The number of halogens is 2. The summed E-state index contributed by atoms with van der Waals surface area (Å²) in [5, 5.41) is 2.08. The maximum Gasteiger partial charge on any atom is 0.340 e. The van der Waals surface area contributed by atoms with E-state index in [4.69, 9.17) is 27.9 Å². The summed E-state index contributed by atoms with van der Waals surface area (Å²) >= 11 is 13.6. The summed E-state index contributed by atoms with van der Waals surface area (Å²) in [5.74, 6) is -0.113. The number of aromatic amines is 1. The lowest BCUT2D eigenvalue weighted by Gasteiger charge is -2.11. The molecule has 0 spiro atoms. The van der Waals surface area contributed by atoms with Crippen molar-refractivity contribution in [3.8, 4) is 0 Å². The number of carbonyl (C=O) groups is 1. The Morgan fingerprint density at radius 1 is 1.26 bits per heavy atom. The van der Waals surface area contributed by atoms with Gasteiger partial charge in [0.1, 0.15) is 0 Å². The van der Waals surface area contributed by atoms with Gasteiger partial charge in [0.25, 0.3) is 0 Å². The zero-order valence-electron chi connectivity index (χ0n) is 13.5. The van der Waals surface area contributed by atoms with E-state index < -0.39 is 0 Å². The smallest absolute Gasteiger partial charge is 0.340 e. The Morgan fingerprint density at radius 3 is 2.39 bits per heavy atom. The fourth-order valence-electron chi connectivity index (χ4n) is 2.42. The molecule has 1 N–H and O–H groups in total. The van der Waals surface area contributed by atoms with Gasteiger partial charge in [-0.2, -0.15) is 0 Å². The number of H-pyrrole nitrogens is 1. The lowest BCUT2D eigenvalue weighted by atomic mass is 10.0. The average Bonchev–Trinajstić information content (AvgIpc) is 2.74. The fourth-order valence-corrected chi connectivity index (χ4v) is 4.33. The van der Waals surface area contributed by atoms with Crippen molar-refractivity contribution in [3.05, 3.63) is 45.1 Å². The number of benzene rings is 1. The van der Waals surface area contributed by atoms with E-state index in [1.165, 1.54) is 11.8 Å². The van der Waals surface area contributed by atoms with Crippen molar-refractivity contribution in [1.82, 2.24) is 4.98 Å². The van der Waals surface area contributed by atoms with Gasteiger partial charge in [-0.25, -0.2) is 4.79 Å². The molecule has 6 heteroatoms. The van der Waals surface area contributed by atoms with E-state index in [1.807, 2.05) is 19.1 Å². The third-order valence-electron chi connectivity index (χ3n) is 3.30. The van der Waals surface area contributed by atoms with Gasteiger partial charge in [-0.15, -0.1) is 0 Å². The van der Waals surface area contributed by atoms with Gasteiger partial charge in [-0.3, -0.25) is 0 Å². The summed E-state index contributed by atoms with van der Waals surface area (Å²) in [6.45, 7) is 8.15. The minimum Gasteiger partial charge on any atom is -0.462 e. The van der Waals surface area contributed by atoms with Gasteiger partial charge in [-0.1, -0.05) is 48.8 Å². The van der Waals surface area contributed by atoms with Gasteiger partial charge in [-0.05, 0) is 38.0 Å². The van der Waals surface area contributed by atoms with Crippen molar-refractivity contribution >= 4 is 40.9 Å². The van der Waals surface area contributed by atoms with Crippen LogP contribution in [-0.4, -0.2) is 17.6 Å². The Labute approximate surface area is 150 Å². The SMILES string of the molecule is CCOC(=O)c1c(C)[nH]c(Sc2cc(Cl)cc(Cl)c2)c1C(C)C. The monoisotopic (exact) mass is 371 g/mol. The van der Waals surface area contributed by atoms with Crippen molar-refractivity contribution in [1.29, 1.82) is 0 Å². The van der Waals surface area contributed by atoms with Gasteiger partial charge in [0.2, 0.25) is 0 Å². The molecule has 0 saturated carbocycles. The van der Waals surface area contributed by atoms with E-state index in [0.29, 0.717) is 22.2 Å². The largest absolute Gasteiger partial charge is 0.462 e. The number of nitrogens with one attached hydrogen (secondary N) is 1. The molecule has 124 valence electrons. The first-order valence-corrected chi connectivity index (χ1v) is 8.94. The van der Waals surface area contributed by atoms with Crippen LogP contribution in [-0.2, 0) is 4.74 Å². The summed E-state index contributed by atoms with van der Waals surface area (Å²) in [5.41, 5.74) is 2.39. The molecule has 1 heterocycles. The number of rotatable bonds is 5. The Balaban J connectivity index is 2.46. The van der Waals surface area contributed by atoms with Crippen LogP contribution < -0.4 is 0 Å². The zero-order chi connectivity index (χ0) is 17.1. The molecule has 0 aliphatic rings. The molecule has 0 atom stereocenters. The Kier molecular flexibility index (Phi) is 6.06. The highest BCUT2D eigenvalue weighted by Crippen LogP contribution is 2.38. The highest BCUT2D eigenvalue weighted by atomic mass is 35.5. The van der Waals surface area contributed by atoms with Crippen LogP contribution in [0.1, 0.15) is 48.3 Å². The zero-order valence-corrected chi connectivity index (χ0v) is 15.8. The van der Waals surface area contributed by atoms with Crippen molar-refractivity contribution in [2.45, 2.75) is 43.5 Å². The molecule has 3 nitrogen and oxygen atoms in total. The molecule has 0 aliphatic heterocycles. The molecule has 1 aromatic carbocycles. The van der Waals surface area contributed by atoms with Gasteiger partial charge in [0.15, 0.2) is 0 Å². The molecule has 0 saturated heterocycles. The molecule has 0 fully saturated rings. The molecule has 0 radical (unpaired) electrons. The topological polar surface area (TPSA) is 42.1 Å². The number of hydrogen-bond donors (Lipinski definition) is 1. The molecular formula is C17H19Cl2NO2S. The van der Waals surface area contributed by atoms with Crippen LogP contribution in [0.15, 0.2) is 28.1 Å². The summed E-state index contributed by atoms with van der Waals surface area (Å²) in [7, 11) is 0. The van der Waals surface area contributed by atoms with Gasteiger partial charge in [0, 0.05) is 26.2 Å². The van der Waals surface area contributed by atoms with Gasteiger partial charge < -0.3 is 9.72 Å². The van der Waals surface area contributed by atoms with Crippen LogP contribution in [0.5, 0.6) is 0 Å². The second kappa shape index (κ2) is 7.65. The summed E-state index contributed by atoms with van der Waals surface area (Å²) < 4.78 is 5.19. The molecule has 2 rings (SSSR count). The van der Waals surface area contributed by atoms with Crippen LogP contribution >= 0.6 is 35.0 Å². The first kappa shape index (κ1) is 18.2. The Hall–Kier alpha value is -1.10. The van der Waals surface area contributed by atoms with Crippen LogP contribution in [0, 0.1) is 6.92 Å². The molecular weight excluding hydrogens is 353 g/mol. The molecule has 2 aromatic rings. The first-order valence-electron chi connectivity index (χ1n) is 7.37. The number of esters is 1. The van der Waals surface area contributed by atoms with Gasteiger partial charge in [0.05, 0.1) is 17.2 Å². The second-order valence-corrected chi connectivity index (χ2v) is 7.41. The highest BCUT2D eigenvalue weighted by Gasteiger charge is 2.24. The number of carbonyl (C=O) groups excluding carboxylic acids is 1. The van der Waals surface area contributed by atoms with E-state index >= 15 is 0 Å². The summed E-state index contributed by atoms with van der Waals surface area (Å²) in [6.07, 6.45) is 0. The minimum absolute atomic E-state index is 0.177. The predicted octanol–water partition coefficient (Wildman–Crippen LogP) is 6.08. The van der Waals surface area contributed by atoms with Crippen molar-refractivity contribution < 1.29 is 9.53 Å². The standard InChI is InChI=1S/C17H19Cl2NO2S/c1-5-22-17(21)15-10(4)20-16(14(15)9(2)3)23-13-7-11(18)6-12(19)8-13/h6-9,20H,5H2,1-4H3. The normalized spacial score (nSPS) is 11.1. The van der Waals surface area contributed by atoms with Crippen LogP contribution in [0.25, 0.3) is 0 Å². The molecule has 0 unspecified atom stereocenters. The third-order valence-corrected chi connectivity index (χ3v) is 4.74. The van der Waals surface area contributed by atoms with E-state index in [2.05, 4.69) is 18.8 Å². The molecule has 0 aliphatic carbocycles. The van der Waals surface area contributed by atoms with Crippen LogP contribution in [0.4, 0.5) is 0 Å². The fraction of sp³-hybridized carbons (Fsp3) is 0.353. The van der Waals surface area contributed by atoms with Crippen molar-refractivity contribution in [2.75, 3.05) is 6.61 Å². The highest BCUT2D eigenvalue weighted by molar-refractivity contribution is 7.99. The Morgan fingerprint density at radius 2 is 1.87 bits per heavy atom. The van der Waals surface area contributed by atoms with Crippen molar-refractivity contribution in [2.24, 2.45) is 0 Å².